The van der Waals surface area contributed by atoms with E-state index in [9.17, 15) is 5.11 Å². The van der Waals surface area contributed by atoms with Crippen molar-refractivity contribution in [1.29, 1.82) is 0 Å². The van der Waals surface area contributed by atoms with Gasteiger partial charge in [-0.25, -0.2) is 0 Å². The van der Waals surface area contributed by atoms with Crippen LogP contribution in [0.1, 0.15) is 47.0 Å². The minimum Gasteiger partial charge on any atom is -0.388 e. The molecule has 0 saturated heterocycles. The molecular weight excluding hydrogens is 242 g/mol. The van der Waals surface area contributed by atoms with Crippen molar-refractivity contribution in [3.63, 3.8) is 0 Å². The van der Waals surface area contributed by atoms with Gasteiger partial charge >= 0.3 is 0 Å². The number of aliphatic hydroxyl groups is 1. The van der Waals surface area contributed by atoms with Crippen molar-refractivity contribution in [2.45, 2.75) is 58.6 Å². The summed E-state index contributed by atoms with van der Waals surface area (Å²) in [5, 5.41) is 13.9. The van der Waals surface area contributed by atoms with Crippen molar-refractivity contribution in [1.82, 2.24) is 5.32 Å². The van der Waals surface area contributed by atoms with Crippen LogP contribution in [0.25, 0.3) is 0 Å². The predicted octanol–water partition coefficient (Wildman–Crippen LogP) is 3.15. The van der Waals surface area contributed by atoms with E-state index in [0.717, 1.165) is 23.5 Å². The monoisotopic (exact) mass is 273 g/mol. The molecule has 1 aliphatic carbocycles. The summed E-state index contributed by atoms with van der Waals surface area (Å²) in [5.41, 5.74) is -0.582. The normalized spacial score (nSPS) is 32.5. The smallest absolute Gasteiger partial charge is 0.0833 e. The molecule has 0 aromatic heterocycles. The fourth-order valence-electron chi connectivity index (χ4n) is 3.15. The molecule has 3 heteroatoms. The fraction of sp³-hybridized carbons (Fsp3) is 1.00. The maximum atomic E-state index is 10.3. The van der Waals surface area contributed by atoms with Gasteiger partial charge in [0.05, 0.1) is 5.60 Å². The van der Waals surface area contributed by atoms with Crippen LogP contribution in [0, 0.1) is 17.8 Å². The van der Waals surface area contributed by atoms with E-state index < -0.39 is 5.60 Å². The third-order valence-electron chi connectivity index (χ3n) is 4.22. The molecule has 0 aliphatic heterocycles. The summed E-state index contributed by atoms with van der Waals surface area (Å²) in [7, 11) is 0. The van der Waals surface area contributed by atoms with Gasteiger partial charge in [0.1, 0.15) is 0 Å². The second-order valence-corrected chi connectivity index (χ2v) is 7.61. The number of rotatable bonds is 6. The first kappa shape index (κ1) is 16.3. The summed E-state index contributed by atoms with van der Waals surface area (Å²) in [6, 6.07) is 0.585. The van der Waals surface area contributed by atoms with Crippen LogP contribution in [0.15, 0.2) is 0 Å². The molecular formula is C15H31NOS. The van der Waals surface area contributed by atoms with Gasteiger partial charge in [-0.2, -0.15) is 11.8 Å². The van der Waals surface area contributed by atoms with E-state index in [-0.39, 0.29) is 0 Å². The van der Waals surface area contributed by atoms with Gasteiger partial charge in [-0.3, -0.25) is 0 Å². The lowest BCUT2D eigenvalue weighted by atomic mass is 9.74. The minimum atomic E-state index is -0.582. The van der Waals surface area contributed by atoms with E-state index in [0.29, 0.717) is 12.6 Å². The van der Waals surface area contributed by atoms with Crippen LogP contribution >= 0.6 is 11.8 Å². The van der Waals surface area contributed by atoms with E-state index in [1.165, 1.54) is 19.3 Å². The molecule has 0 aromatic rings. The molecule has 108 valence electrons. The van der Waals surface area contributed by atoms with Crippen molar-refractivity contribution < 1.29 is 5.11 Å². The molecule has 2 N–H and O–H groups in total. The van der Waals surface area contributed by atoms with Gasteiger partial charge in [-0.15, -0.1) is 0 Å². The average Bonchev–Trinajstić information content (AvgIpc) is 2.26. The second kappa shape index (κ2) is 7.16. The highest BCUT2D eigenvalue weighted by Crippen LogP contribution is 2.33. The third kappa shape index (κ3) is 5.10. The van der Waals surface area contributed by atoms with Crippen LogP contribution in [-0.2, 0) is 0 Å². The highest BCUT2D eigenvalue weighted by atomic mass is 32.2. The number of hydrogen-bond acceptors (Lipinski definition) is 3. The Morgan fingerprint density at radius 2 is 2.06 bits per heavy atom. The van der Waals surface area contributed by atoms with E-state index in [2.05, 4.69) is 26.1 Å². The highest BCUT2D eigenvalue weighted by molar-refractivity contribution is 7.98. The summed E-state index contributed by atoms with van der Waals surface area (Å²) < 4.78 is 0. The Hall–Kier alpha value is 0.270. The van der Waals surface area contributed by atoms with Gasteiger partial charge in [0.15, 0.2) is 0 Å². The van der Waals surface area contributed by atoms with Crippen molar-refractivity contribution in [3.8, 4) is 0 Å². The van der Waals surface area contributed by atoms with Crippen LogP contribution in [-0.4, -0.2) is 35.3 Å². The Morgan fingerprint density at radius 3 is 2.61 bits per heavy atom. The Kier molecular flexibility index (Phi) is 6.49. The van der Waals surface area contributed by atoms with Crippen LogP contribution in [0.4, 0.5) is 0 Å². The third-order valence-corrected chi connectivity index (χ3v) is 5.13. The Morgan fingerprint density at radius 1 is 1.39 bits per heavy atom. The van der Waals surface area contributed by atoms with Crippen molar-refractivity contribution in [2.24, 2.45) is 17.8 Å². The largest absolute Gasteiger partial charge is 0.388 e. The molecule has 1 rings (SSSR count). The number of nitrogens with one attached hydrogen (secondary N) is 1. The molecule has 1 saturated carbocycles. The molecule has 0 radical (unpaired) electrons. The lowest BCUT2D eigenvalue weighted by Gasteiger charge is -2.39. The average molecular weight is 273 g/mol. The number of thioether (sulfide) groups is 1. The fourth-order valence-corrected chi connectivity index (χ4v) is 3.87. The molecule has 0 spiro atoms. The molecule has 1 fully saturated rings. The maximum Gasteiger partial charge on any atom is 0.0833 e. The van der Waals surface area contributed by atoms with Crippen molar-refractivity contribution >= 4 is 11.8 Å². The molecule has 0 bridgehead atoms. The Bertz CT molecular complexity index is 243. The van der Waals surface area contributed by atoms with Gasteiger partial charge in [-0.1, -0.05) is 27.2 Å². The minimum absolute atomic E-state index is 0.582. The first-order valence-corrected chi connectivity index (χ1v) is 8.70. The molecule has 1 aliphatic rings. The predicted molar refractivity (Wildman–Crippen MR) is 82.1 cm³/mol. The lowest BCUT2D eigenvalue weighted by molar-refractivity contribution is 0.0683. The second-order valence-electron chi connectivity index (χ2n) is 6.74. The summed E-state index contributed by atoms with van der Waals surface area (Å²) in [4.78, 5) is 0. The van der Waals surface area contributed by atoms with Crippen LogP contribution in [0.2, 0.25) is 0 Å². The topological polar surface area (TPSA) is 32.3 Å². The quantitative estimate of drug-likeness (QED) is 0.780. The zero-order chi connectivity index (χ0) is 13.8. The van der Waals surface area contributed by atoms with Crippen molar-refractivity contribution in [3.05, 3.63) is 0 Å². The summed E-state index contributed by atoms with van der Waals surface area (Å²) in [6.45, 7) is 9.66. The molecule has 0 amide bonds. The summed E-state index contributed by atoms with van der Waals surface area (Å²) >= 11 is 1.71. The van der Waals surface area contributed by atoms with E-state index in [1.54, 1.807) is 11.8 Å². The Labute approximate surface area is 117 Å². The van der Waals surface area contributed by atoms with Gasteiger partial charge < -0.3 is 10.4 Å². The van der Waals surface area contributed by atoms with Crippen LogP contribution in [0.3, 0.4) is 0 Å². The van der Waals surface area contributed by atoms with Gasteiger partial charge in [0, 0.05) is 18.3 Å². The molecule has 4 atom stereocenters. The van der Waals surface area contributed by atoms with Gasteiger partial charge in [0.2, 0.25) is 0 Å². The zero-order valence-electron chi connectivity index (χ0n) is 12.7. The molecule has 0 aromatic carbocycles. The van der Waals surface area contributed by atoms with E-state index >= 15 is 0 Å². The molecule has 0 heterocycles. The maximum absolute atomic E-state index is 10.3. The van der Waals surface area contributed by atoms with E-state index in [4.69, 9.17) is 0 Å². The lowest BCUT2D eigenvalue weighted by Crippen LogP contribution is -2.49. The Balaban J connectivity index is 2.50. The first-order chi connectivity index (χ1) is 8.35. The summed E-state index contributed by atoms with van der Waals surface area (Å²) in [6.07, 6.45) is 6.01. The molecule has 18 heavy (non-hydrogen) atoms. The van der Waals surface area contributed by atoms with Gasteiger partial charge in [-0.05, 0) is 43.8 Å². The number of hydrogen-bond donors (Lipinski definition) is 2. The SMILES string of the molecule is CSCC(C)(O)CNC1CC(C)CCC1C(C)C. The molecule has 2 nitrogen and oxygen atoms in total. The zero-order valence-corrected chi connectivity index (χ0v) is 13.5. The van der Waals surface area contributed by atoms with E-state index in [1.807, 2.05) is 13.2 Å². The first-order valence-electron chi connectivity index (χ1n) is 7.30. The van der Waals surface area contributed by atoms with Crippen LogP contribution < -0.4 is 5.32 Å². The summed E-state index contributed by atoms with van der Waals surface area (Å²) in [5.74, 6) is 3.13. The van der Waals surface area contributed by atoms with Crippen LogP contribution in [0.5, 0.6) is 0 Å². The van der Waals surface area contributed by atoms with Gasteiger partial charge in [0.25, 0.3) is 0 Å². The van der Waals surface area contributed by atoms with Crippen molar-refractivity contribution in [2.75, 3.05) is 18.6 Å². The molecule has 4 unspecified atom stereocenters. The highest BCUT2D eigenvalue weighted by Gasteiger charge is 2.31. The standard InChI is InChI=1S/C15H31NOS/c1-11(2)13-7-6-12(3)8-14(13)16-9-15(4,17)10-18-5/h11-14,16-17H,6-10H2,1-5H3.